The van der Waals surface area contributed by atoms with Gasteiger partial charge in [0.05, 0.1) is 0 Å². The minimum atomic E-state index is 0.616. The highest BCUT2D eigenvalue weighted by atomic mass is 14.9. The number of aromatic nitrogens is 1. The fraction of sp³-hybridized carbons (Fsp3) is 0.444. The van der Waals surface area contributed by atoms with Gasteiger partial charge in [0.2, 0.25) is 0 Å². The van der Waals surface area contributed by atoms with Gasteiger partial charge in [0.25, 0.3) is 0 Å². The molecule has 58 valence electrons. The van der Waals surface area contributed by atoms with Crippen molar-refractivity contribution in [3.8, 4) is 0 Å². The van der Waals surface area contributed by atoms with Crippen molar-refractivity contribution in [2.24, 2.45) is 0 Å². The highest BCUT2D eigenvalue weighted by Gasteiger charge is 2.12. The fourth-order valence-electron chi connectivity index (χ4n) is 1.48. The zero-order valence-electron chi connectivity index (χ0n) is 6.67. The minimum absolute atomic E-state index is 0.616. The van der Waals surface area contributed by atoms with Crippen LogP contribution in [-0.2, 0) is 6.42 Å². The lowest BCUT2D eigenvalue weighted by Gasteiger charge is -2.23. The van der Waals surface area contributed by atoms with E-state index in [0.29, 0.717) is 6.04 Å². The van der Waals surface area contributed by atoms with E-state index in [1.165, 1.54) is 17.7 Å². The quantitative estimate of drug-likeness (QED) is 0.607. The van der Waals surface area contributed by atoms with Crippen LogP contribution < -0.4 is 5.32 Å². The Morgan fingerprint density at radius 3 is 3.45 bits per heavy atom. The number of nitrogens with one attached hydrogen (secondary N) is 1. The predicted octanol–water partition coefficient (Wildman–Crippen LogP) is 1.83. The summed E-state index contributed by atoms with van der Waals surface area (Å²) < 4.78 is 0. The smallest absolute Gasteiger partial charge is 0.0405 e. The van der Waals surface area contributed by atoms with Gasteiger partial charge in [0.1, 0.15) is 0 Å². The third kappa shape index (κ3) is 1.20. The van der Waals surface area contributed by atoms with Gasteiger partial charge in [-0.1, -0.05) is 0 Å². The first-order chi connectivity index (χ1) is 5.36. The van der Waals surface area contributed by atoms with Crippen LogP contribution in [-0.4, -0.2) is 11.0 Å². The van der Waals surface area contributed by atoms with E-state index in [2.05, 4.69) is 17.2 Å². The summed E-state index contributed by atoms with van der Waals surface area (Å²) in [5.74, 6) is 0. The summed E-state index contributed by atoms with van der Waals surface area (Å²) in [7, 11) is 0. The molecule has 0 bridgehead atoms. The van der Waals surface area contributed by atoms with Gasteiger partial charge in [0, 0.05) is 24.1 Å². The monoisotopic (exact) mass is 148 g/mol. The highest BCUT2D eigenvalue weighted by molar-refractivity contribution is 5.51. The molecule has 1 atom stereocenters. The first-order valence-electron chi connectivity index (χ1n) is 4.05. The average Bonchev–Trinajstić information content (AvgIpc) is 2.04. The number of hydrogen-bond donors (Lipinski definition) is 1. The summed E-state index contributed by atoms with van der Waals surface area (Å²) in [6, 6.07) is 2.66. The van der Waals surface area contributed by atoms with Crippen LogP contribution in [0.5, 0.6) is 0 Å². The maximum atomic E-state index is 4.08. The van der Waals surface area contributed by atoms with E-state index >= 15 is 0 Å². The Hall–Kier alpha value is -1.05. The second kappa shape index (κ2) is 2.53. The first kappa shape index (κ1) is 6.65. The molecule has 2 heteroatoms. The standard InChI is InChI=1S/C9H12N2/c1-7-2-3-8-6-10-5-4-9(8)11-7/h4-7,11H,2-3H2,1H3. The number of fused-ring (bicyclic) bond motifs is 1. The zero-order chi connectivity index (χ0) is 7.68. The van der Waals surface area contributed by atoms with Crippen molar-refractivity contribution in [1.82, 2.24) is 4.98 Å². The van der Waals surface area contributed by atoms with Gasteiger partial charge < -0.3 is 5.32 Å². The molecule has 2 rings (SSSR count). The summed E-state index contributed by atoms with van der Waals surface area (Å²) in [5, 5.41) is 3.42. The van der Waals surface area contributed by atoms with Crippen LogP contribution in [0.25, 0.3) is 0 Å². The maximum absolute atomic E-state index is 4.08. The minimum Gasteiger partial charge on any atom is -0.382 e. The number of anilines is 1. The number of rotatable bonds is 0. The van der Waals surface area contributed by atoms with E-state index < -0.39 is 0 Å². The van der Waals surface area contributed by atoms with Crippen LogP contribution in [0.4, 0.5) is 5.69 Å². The molecule has 1 aliphatic heterocycles. The summed E-state index contributed by atoms with van der Waals surface area (Å²) >= 11 is 0. The number of nitrogens with zero attached hydrogens (tertiary/aromatic N) is 1. The van der Waals surface area contributed by atoms with Gasteiger partial charge in [-0.2, -0.15) is 0 Å². The van der Waals surface area contributed by atoms with Crippen LogP contribution >= 0.6 is 0 Å². The van der Waals surface area contributed by atoms with Crippen molar-refractivity contribution >= 4 is 5.69 Å². The zero-order valence-corrected chi connectivity index (χ0v) is 6.67. The van der Waals surface area contributed by atoms with Gasteiger partial charge in [-0.05, 0) is 31.4 Å². The van der Waals surface area contributed by atoms with Crippen LogP contribution in [0, 0.1) is 0 Å². The maximum Gasteiger partial charge on any atom is 0.0405 e. The second-order valence-corrected chi connectivity index (χ2v) is 3.12. The topological polar surface area (TPSA) is 24.9 Å². The Morgan fingerprint density at radius 2 is 2.55 bits per heavy atom. The van der Waals surface area contributed by atoms with Crippen LogP contribution in [0.3, 0.4) is 0 Å². The van der Waals surface area contributed by atoms with Gasteiger partial charge in [-0.15, -0.1) is 0 Å². The molecule has 0 spiro atoms. The van der Waals surface area contributed by atoms with Gasteiger partial charge >= 0.3 is 0 Å². The Kier molecular flexibility index (Phi) is 1.53. The number of hydrogen-bond acceptors (Lipinski definition) is 2. The SMILES string of the molecule is CC1CCc2cnccc2N1. The summed E-state index contributed by atoms with van der Waals surface area (Å²) in [4.78, 5) is 4.08. The molecule has 0 fully saturated rings. The van der Waals surface area contributed by atoms with Crippen molar-refractivity contribution in [2.45, 2.75) is 25.8 Å². The predicted molar refractivity (Wildman–Crippen MR) is 45.6 cm³/mol. The molecule has 1 aliphatic rings. The van der Waals surface area contributed by atoms with Crippen molar-refractivity contribution in [2.75, 3.05) is 5.32 Å². The first-order valence-corrected chi connectivity index (χ1v) is 4.05. The van der Waals surface area contributed by atoms with E-state index in [-0.39, 0.29) is 0 Å². The molecular formula is C9H12N2. The highest BCUT2D eigenvalue weighted by Crippen LogP contribution is 2.22. The lowest BCUT2D eigenvalue weighted by atomic mass is 10.0. The molecule has 0 aliphatic carbocycles. The van der Waals surface area contributed by atoms with Crippen LogP contribution in [0.15, 0.2) is 18.5 Å². The third-order valence-corrected chi connectivity index (χ3v) is 2.15. The average molecular weight is 148 g/mol. The molecule has 0 saturated carbocycles. The fourth-order valence-corrected chi connectivity index (χ4v) is 1.48. The molecule has 0 amide bonds. The second-order valence-electron chi connectivity index (χ2n) is 3.12. The van der Waals surface area contributed by atoms with Crippen molar-refractivity contribution in [3.63, 3.8) is 0 Å². The van der Waals surface area contributed by atoms with Crippen molar-refractivity contribution in [1.29, 1.82) is 0 Å². The Bertz CT molecular complexity index is 257. The van der Waals surface area contributed by atoms with Gasteiger partial charge in [0.15, 0.2) is 0 Å². The lowest BCUT2D eigenvalue weighted by molar-refractivity contribution is 0.679. The number of pyridine rings is 1. The van der Waals surface area contributed by atoms with Crippen molar-refractivity contribution in [3.05, 3.63) is 24.0 Å². The molecule has 2 heterocycles. The van der Waals surface area contributed by atoms with E-state index in [0.717, 1.165) is 6.42 Å². The molecule has 11 heavy (non-hydrogen) atoms. The summed E-state index contributed by atoms with van der Waals surface area (Å²) in [5.41, 5.74) is 2.62. The molecule has 2 nitrogen and oxygen atoms in total. The Balaban J connectivity index is 2.34. The largest absolute Gasteiger partial charge is 0.382 e. The van der Waals surface area contributed by atoms with E-state index in [1.54, 1.807) is 0 Å². The molecule has 1 aromatic rings. The third-order valence-electron chi connectivity index (χ3n) is 2.15. The normalized spacial score (nSPS) is 22.1. The summed E-state index contributed by atoms with van der Waals surface area (Å²) in [6.45, 7) is 2.21. The Labute approximate surface area is 66.7 Å². The number of aryl methyl sites for hydroxylation is 1. The van der Waals surface area contributed by atoms with Crippen molar-refractivity contribution < 1.29 is 0 Å². The molecular weight excluding hydrogens is 136 g/mol. The molecule has 0 radical (unpaired) electrons. The van der Waals surface area contributed by atoms with Gasteiger partial charge in [-0.3, -0.25) is 4.98 Å². The van der Waals surface area contributed by atoms with Crippen LogP contribution in [0.2, 0.25) is 0 Å². The van der Waals surface area contributed by atoms with Crippen LogP contribution in [0.1, 0.15) is 18.9 Å². The van der Waals surface area contributed by atoms with E-state index in [9.17, 15) is 0 Å². The molecule has 0 saturated heterocycles. The molecule has 0 aromatic carbocycles. The molecule has 1 unspecified atom stereocenters. The summed E-state index contributed by atoms with van der Waals surface area (Å²) in [6.07, 6.45) is 6.17. The van der Waals surface area contributed by atoms with Gasteiger partial charge in [-0.25, -0.2) is 0 Å². The molecule has 1 N–H and O–H groups in total. The lowest BCUT2D eigenvalue weighted by Crippen LogP contribution is -2.21. The molecule has 1 aromatic heterocycles. The Morgan fingerprint density at radius 1 is 1.64 bits per heavy atom. The van der Waals surface area contributed by atoms with E-state index in [4.69, 9.17) is 0 Å². The van der Waals surface area contributed by atoms with E-state index in [1.807, 2.05) is 18.5 Å².